The van der Waals surface area contributed by atoms with Crippen LogP contribution in [0.3, 0.4) is 0 Å². The zero-order valence-electron chi connectivity index (χ0n) is 10.5. The molecule has 1 aromatic heterocycles. The third kappa shape index (κ3) is 3.40. The van der Waals surface area contributed by atoms with Crippen molar-refractivity contribution in [1.82, 2.24) is 9.78 Å². The molecule has 0 amide bonds. The molecule has 0 saturated heterocycles. The highest BCUT2D eigenvalue weighted by Crippen LogP contribution is 2.29. The SMILES string of the molecule is Cn1ccc(CC(=O)CC2(N)CCCCC2)n1. The van der Waals surface area contributed by atoms with Crippen LogP contribution in [0.2, 0.25) is 0 Å². The summed E-state index contributed by atoms with van der Waals surface area (Å²) in [7, 11) is 1.86. The molecular weight excluding hydrogens is 214 g/mol. The molecule has 4 nitrogen and oxygen atoms in total. The fourth-order valence-corrected chi connectivity index (χ4v) is 2.65. The van der Waals surface area contributed by atoms with Gasteiger partial charge in [0.25, 0.3) is 0 Å². The Labute approximate surface area is 102 Å². The van der Waals surface area contributed by atoms with E-state index < -0.39 is 0 Å². The Morgan fingerprint density at radius 3 is 2.76 bits per heavy atom. The standard InChI is InChI=1S/C13H21N3O/c1-16-8-5-11(15-16)9-12(17)10-13(14)6-3-2-4-7-13/h5,8H,2-4,6-7,9-10,14H2,1H3. The number of carbonyl (C=O) groups is 1. The smallest absolute Gasteiger partial charge is 0.140 e. The Kier molecular flexibility index (Phi) is 3.62. The van der Waals surface area contributed by atoms with Crippen molar-refractivity contribution < 1.29 is 4.79 Å². The summed E-state index contributed by atoms with van der Waals surface area (Å²) in [6.07, 6.45) is 8.33. The van der Waals surface area contributed by atoms with Gasteiger partial charge in [-0.1, -0.05) is 19.3 Å². The van der Waals surface area contributed by atoms with E-state index in [4.69, 9.17) is 5.73 Å². The first-order valence-corrected chi connectivity index (χ1v) is 6.37. The number of nitrogens with two attached hydrogens (primary N) is 1. The summed E-state index contributed by atoms with van der Waals surface area (Å²) in [6.45, 7) is 0. The Morgan fingerprint density at radius 1 is 1.47 bits per heavy atom. The summed E-state index contributed by atoms with van der Waals surface area (Å²) in [4.78, 5) is 12.0. The molecule has 1 heterocycles. The summed E-state index contributed by atoms with van der Waals surface area (Å²) in [5.74, 6) is 0.216. The minimum Gasteiger partial charge on any atom is -0.325 e. The van der Waals surface area contributed by atoms with Crippen molar-refractivity contribution in [2.45, 2.75) is 50.5 Å². The van der Waals surface area contributed by atoms with Gasteiger partial charge in [0.05, 0.1) is 12.1 Å². The van der Waals surface area contributed by atoms with E-state index in [1.165, 1.54) is 6.42 Å². The molecule has 2 N–H and O–H groups in total. The monoisotopic (exact) mass is 235 g/mol. The van der Waals surface area contributed by atoms with Crippen LogP contribution in [0, 0.1) is 0 Å². The first kappa shape index (κ1) is 12.3. The normalized spacial score (nSPS) is 19.2. The number of aryl methyl sites for hydroxylation is 1. The van der Waals surface area contributed by atoms with Crippen molar-refractivity contribution in [1.29, 1.82) is 0 Å². The fourth-order valence-electron chi connectivity index (χ4n) is 2.65. The average molecular weight is 235 g/mol. The average Bonchev–Trinajstić information content (AvgIpc) is 2.63. The number of rotatable bonds is 4. The lowest BCUT2D eigenvalue weighted by molar-refractivity contribution is -0.119. The lowest BCUT2D eigenvalue weighted by Crippen LogP contribution is -2.43. The molecular formula is C13H21N3O. The molecule has 0 atom stereocenters. The van der Waals surface area contributed by atoms with E-state index in [1.54, 1.807) is 4.68 Å². The van der Waals surface area contributed by atoms with E-state index in [-0.39, 0.29) is 11.3 Å². The molecule has 1 aromatic rings. The van der Waals surface area contributed by atoms with Gasteiger partial charge in [-0.3, -0.25) is 9.48 Å². The molecule has 1 saturated carbocycles. The number of hydrogen-bond acceptors (Lipinski definition) is 3. The zero-order valence-corrected chi connectivity index (χ0v) is 10.5. The van der Waals surface area contributed by atoms with Crippen LogP contribution in [0.15, 0.2) is 12.3 Å². The van der Waals surface area contributed by atoms with Gasteiger partial charge in [-0.25, -0.2) is 0 Å². The maximum absolute atomic E-state index is 12.0. The molecule has 0 aromatic carbocycles. The first-order chi connectivity index (χ1) is 8.07. The molecule has 1 fully saturated rings. The van der Waals surface area contributed by atoms with Gasteiger partial charge in [0.1, 0.15) is 5.78 Å². The van der Waals surface area contributed by atoms with E-state index in [2.05, 4.69) is 5.10 Å². The lowest BCUT2D eigenvalue weighted by Gasteiger charge is -2.32. The van der Waals surface area contributed by atoms with Gasteiger partial charge in [-0.2, -0.15) is 5.10 Å². The Bertz CT molecular complexity index is 391. The van der Waals surface area contributed by atoms with Crippen molar-refractivity contribution in [2.24, 2.45) is 12.8 Å². The molecule has 1 aliphatic rings. The van der Waals surface area contributed by atoms with Gasteiger partial charge in [0, 0.05) is 25.2 Å². The summed E-state index contributed by atoms with van der Waals surface area (Å²) in [5.41, 5.74) is 6.87. The predicted octanol–water partition coefficient (Wildman–Crippen LogP) is 1.58. The van der Waals surface area contributed by atoms with Crippen LogP contribution in [0.4, 0.5) is 0 Å². The van der Waals surface area contributed by atoms with Crippen LogP contribution in [-0.4, -0.2) is 21.1 Å². The molecule has 0 unspecified atom stereocenters. The highest BCUT2D eigenvalue weighted by molar-refractivity contribution is 5.81. The summed E-state index contributed by atoms with van der Waals surface area (Å²) in [5, 5.41) is 4.22. The van der Waals surface area contributed by atoms with Gasteiger partial charge < -0.3 is 5.73 Å². The number of carbonyl (C=O) groups excluding carboxylic acids is 1. The number of nitrogens with zero attached hydrogens (tertiary/aromatic N) is 2. The minimum atomic E-state index is -0.246. The summed E-state index contributed by atoms with van der Waals surface area (Å²) < 4.78 is 1.72. The van der Waals surface area contributed by atoms with Crippen molar-refractivity contribution in [3.63, 3.8) is 0 Å². The molecule has 2 rings (SSSR count). The molecule has 0 aliphatic heterocycles. The highest BCUT2D eigenvalue weighted by atomic mass is 16.1. The molecule has 4 heteroatoms. The van der Waals surface area contributed by atoms with E-state index in [1.807, 2.05) is 19.3 Å². The maximum Gasteiger partial charge on any atom is 0.140 e. The van der Waals surface area contributed by atoms with Crippen molar-refractivity contribution in [3.8, 4) is 0 Å². The molecule has 0 bridgehead atoms. The van der Waals surface area contributed by atoms with Crippen molar-refractivity contribution in [3.05, 3.63) is 18.0 Å². The minimum absolute atomic E-state index is 0.216. The predicted molar refractivity (Wildman–Crippen MR) is 66.5 cm³/mol. The molecule has 0 radical (unpaired) electrons. The second-order valence-electron chi connectivity index (χ2n) is 5.30. The first-order valence-electron chi connectivity index (χ1n) is 6.37. The van der Waals surface area contributed by atoms with Crippen molar-refractivity contribution >= 4 is 5.78 Å². The zero-order chi connectivity index (χ0) is 12.3. The molecule has 17 heavy (non-hydrogen) atoms. The van der Waals surface area contributed by atoms with E-state index in [0.717, 1.165) is 31.4 Å². The lowest BCUT2D eigenvalue weighted by atomic mass is 9.79. The van der Waals surface area contributed by atoms with Gasteiger partial charge in [-0.05, 0) is 18.9 Å². The third-order valence-electron chi connectivity index (χ3n) is 3.55. The van der Waals surface area contributed by atoms with Crippen molar-refractivity contribution in [2.75, 3.05) is 0 Å². The largest absolute Gasteiger partial charge is 0.325 e. The highest BCUT2D eigenvalue weighted by Gasteiger charge is 2.29. The van der Waals surface area contributed by atoms with Crippen LogP contribution in [0.1, 0.15) is 44.2 Å². The molecule has 94 valence electrons. The Hall–Kier alpha value is -1.16. The van der Waals surface area contributed by atoms with Gasteiger partial charge >= 0.3 is 0 Å². The fraction of sp³-hybridized carbons (Fsp3) is 0.692. The van der Waals surface area contributed by atoms with Gasteiger partial charge in [-0.15, -0.1) is 0 Å². The number of hydrogen-bond donors (Lipinski definition) is 1. The second kappa shape index (κ2) is 5.00. The quantitative estimate of drug-likeness (QED) is 0.862. The maximum atomic E-state index is 12.0. The van der Waals surface area contributed by atoms with Gasteiger partial charge in [0.2, 0.25) is 0 Å². The van der Waals surface area contributed by atoms with E-state index in [9.17, 15) is 4.79 Å². The van der Waals surface area contributed by atoms with E-state index >= 15 is 0 Å². The number of ketones is 1. The van der Waals surface area contributed by atoms with Crippen LogP contribution >= 0.6 is 0 Å². The van der Waals surface area contributed by atoms with Crippen LogP contribution in [0.25, 0.3) is 0 Å². The van der Waals surface area contributed by atoms with Crippen LogP contribution < -0.4 is 5.73 Å². The molecule has 0 spiro atoms. The summed E-state index contributed by atoms with van der Waals surface area (Å²) >= 11 is 0. The Morgan fingerprint density at radius 2 is 2.18 bits per heavy atom. The van der Waals surface area contributed by atoms with Crippen LogP contribution in [0.5, 0.6) is 0 Å². The Balaban J connectivity index is 1.88. The third-order valence-corrected chi connectivity index (χ3v) is 3.55. The summed E-state index contributed by atoms with van der Waals surface area (Å²) in [6, 6.07) is 1.89. The number of aromatic nitrogens is 2. The molecule has 1 aliphatic carbocycles. The topological polar surface area (TPSA) is 60.9 Å². The second-order valence-corrected chi connectivity index (χ2v) is 5.30. The van der Waals surface area contributed by atoms with E-state index in [0.29, 0.717) is 12.8 Å². The van der Waals surface area contributed by atoms with Gasteiger partial charge in [0.15, 0.2) is 0 Å². The van der Waals surface area contributed by atoms with Crippen LogP contribution in [-0.2, 0) is 18.3 Å². The number of Topliss-reactive ketones (excluding diaryl/α,β-unsaturated/α-hetero) is 1.